The Labute approximate surface area is 132 Å². The molecule has 1 aromatic rings. The van der Waals surface area contributed by atoms with Crippen molar-refractivity contribution in [2.24, 2.45) is 4.99 Å². The molecule has 0 amide bonds. The summed E-state index contributed by atoms with van der Waals surface area (Å²) in [5.74, 6) is 1.71. The molecule has 2 rings (SSSR count). The van der Waals surface area contributed by atoms with Gasteiger partial charge < -0.3 is 19.8 Å². The lowest BCUT2D eigenvalue weighted by Crippen LogP contribution is -2.42. The molecule has 6 nitrogen and oxygen atoms in total. The summed E-state index contributed by atoms with van der Waals surface area (Å²) in [6.45, 7) is 7.16. The van der Waals surface area contributed by atoms with Crippen molar-refractivity contribution in [3.63, 3.8) is 0 Å². The van der Waals surface area contributed by atoms with Crippen molar-refractivity contribution in [1.29, 1.82) is 0 Å². The lowest BCUT2D eigenvalue weighted by Gasteiger charge is -2.22. The second kappa shape index (κ2) is 9.48. The topological polar surface area (TPSA) is 62.0 Å². The summed E-state index contributed by atoms with van der Waals surface area (Å²) in [5.41, 5.74) is 0. The molecule has 1 aliphatic rings. The average Bonchev–Trinajstić information content (AvgIpc) is 3.24. The standard InChI is InChI=1S/C16H28N4O2/c1-3-17-16(19-13-15-5-4-11-22-15)18-8-9-20(10-12-21-2)14-6-7-14/h4-5,11,14H,3,6-10,12-13H2,1-2H3,(H2,17,18,19). The minimum Gasteiger partial charge on any atom is -0.467 e. The van der Waals surface area contributed by atoms with E-state index in [9.17, 15) is 0 Å². The molecule has 1 fully saturated rings. The van der Waals surface area contributed by atoms with Crippen molar-refractivity contribution in [2.45, 2.75) is 32.4 Å². The van der Waals surface area contributed by atoms with Gasteiger partial charge in [-0.05, 0) is 31.9 Å². The van der Waals surface area contributed by atoms with Crippen LogP contribution in [0.4, 0.5) is 0 Å². The zero-order chi connectivity index (χ0) is 15.6. The molecule has 6 heteroatoms. The van der Waals surface area contributed by atoms with Crippen molar-refractivity contribution in [2.75, 3.05) is 39.9 Å². The average molecular weight is 308 g/mol. The maximum atomic E-state index is 5.30. The van der Waals surface area contributed by atoms with E-state index < -0.39 is 0 Å². The molecule has 0 bridgehead atoms. The Morgan fingerprint density at radius 3 is 2.91 bits per heavy atom. The van der Waals surface area contributed by atoms with E-state index in [0.717, 1.165) is 50.5 Å². The molecular weight excluding hydrogens is 280 g/mol. The van der Waals surface area contributed by atoms with Crippen LogP contribution in [-0.2, 0) is 11.3 Å². The van der Waals surface area contributed by atoms with Crippen molar-refractivity contribution in [1.82, 2.24) is 15.5 Å². The van der Waals surface area contributed by atoms with Crippen LogP contribution in [0.15, 0.2) is 27.8 Å². The number of hydrogen-bond acceptors (Lipinski definition) is 4. The first-order chi connectivity index (χ1) is 10.8. The predicted molar refractivity (Wildman–Crippen MR) is 88.0 cm³/mol. The van der Waals surface area contributed by atoms with E-state index in [0.29, 0.717) is 6.54 Å². The summed E-state index contributed by atoms with van der Waals surface area (Å²) in [4.78, 5) is 7.03. The van der Waals surface area contributed by atoms with Gasteiger partial charge in [-0.1, -0.05) is 0 Å². The Hall–Kier alpha value is -1.53. The number of hydrogen-bond donors (Lipinski definition) is 2. The lowest BCUT2D eigenvalue weighted by atomic mass is 10.4. The summed E-state index contributed by atoms with van der Waals surface area (Å²) in [6, 6.07) is 4.57. The van der Waals surface area contributed by atoms with Gasteiger partial charge in [0.15, 0.2) is 5.96 Å². The Balaban J connectivity index is 1.74. The SMILES string of the molecule is CCNC(=NCc1ccco1)NCCN(CCOC)C1CC1. The minimum atomic E-state index is 0.554. The Morgan fingerprint density at radius 2 is 2.27 bits per heavy atom. The number of nitrogens with zero attached hydrogens (tertiary/aromatic N) is 2. The normalized spacial score (nSPS) is 15.3. The minimum absolute atomic E-state index is 0.554. The summed E-state index contributed by atoms with van der Waals surface area (Å²) in [5, 5.41) is 6.65. The number of aliphatic imine (C=N–C) groups is 1. The third-order valence-corrected chi connectivity index (χ3v) is 3.65. The van der Waals surface area contributed by atoms with Gasteiger partial charge in [0.05, 0.1) is 12.9 Å². The third kappa shape index (κ3) is 6.07. The van der Waals surface area contributed by atoms with Gasteiger partial charge in [-0.2, -0.15) is 0 Å². The smallest absolute Gasteiger partial charge is 0.191 e. The van der Waals surface area contributed by atoms with Crippen molar-refractivity contribution >= 4 is 5.96 Å². The number of furan rings is 1. The Morgan fingerprint density at radius 1 is 1.41 bits per heavy atom. The second-order valence-corrected chi connectivity index (χ2v) is 5.46. The molecule has 0 atom stereocenters. The van der Waals surface area contributed by atoms with Crippen LogP contribution in [0.1, 0.15) is 25.5 Å². The molecule has 1 saturated carbocycles. The van der Waals surface area contributed by atoms with E-state index >= 15 is 0 Å². The highest BCUT2D eigenvalue weighted by molar-refractivity contribution is 5.79. The first-order valence-electron chi connectivity index (χ1n) is 8.11. The summed E-state index contributed by atoms with van der Waals surface area (Å²) in [6.07, 6.45) is 4.31. The van der Waals surface area contributed by atoms with Crippen LogP contribution in [0.5, 0.6) is 0 Å². The molecule has 1 heterocycles. The van der Waals surface area contributed by atoms with Crippen molar-refractivity contribution in [3.8, 4) is 0 Å². The van der Waals surface area contributed by atoms with E-state index in [2.05, 4.69) is 27.4 Å². The number of ether oxygens (including phenoxy) is 1. The zero-order valence-corrected chi connectivity index (χ0v) is 13.7. The zero-order valence-electron chi connectivity index (χ0n) is 13.7. The molecule has 1 aromatic heterocycles. The van der Waals surface area contributed by atoms with Crippen LogP contribution in [0.2, 0.25) is 0 Å². The Kier molecular flexibility index (Phi) is 7.25. The largest absolute Gasteiger partial charge is 0.467 e. The van der Waals surface area contributed by atoms with Crippen LogP contribution in [0.3, 0.4) is 0 Å². The lowest BCUT2D eigenvalue weighted by molar-refractivity contribution is 0.144. The fourth-order valence-corrected chi connectivity index (χ4v) is 2.34. The molecule has 22 heavy (non-hydrogen) atoms. The van der Waals surface area contributed by atoms with Gasteiger partial charge in [0.1, 0.15) is 12.3 Å². The summed E-state index contributed by atoms with van der Waals surface area (Å²) >= 11 is 0. The van der Waals surface area contributed by atoms with Crippen LogP contribution in [0, 0.1) is 0 Å². The highest BCUT2D eigenvalue weighted by atomic mass is 16.5. The van der Waals surface area contributed by atoms with Crippen LogP contribution < -0.4 is 10.6 Å². The van der Waals surface area contributed by atoms with E-state index in [-0.39, 0.29) is 0 Å². The highest BCUT2D eigenvalue weighted by Gasteiger charge is 2.28. The predicted octanol–water partition coefficient (Wildman–Crippen LogP) is 1.45. The van der Waals surface area contributed by atoms with Gasteiger partial charge >= 0.3 is 0 Å². The molecule has 2 N–H and O–H groups in total. The van der Waals surface area contributed by atoms with E-state index in [1.165, 1.54) is 12.8 Å². The fourth-order valence-electron chi connectivity index (χ4n) is 2.34. The van der Waals surface area contributed by atoms with E-state index in [1.807, 2.05) is 12.1 Å². The number of methoxy groups -OCH3 is 1. The maximum Gasteiger partial charge on any atom is 0.191 e. The maximum absolute atomic E-state index is 5.30. The second-order valence-electron chi connectivity index (χ2n) is 5.46. The summed E-state index contributed by atoms with van der Waals surface area (Å²) in [7, 11) is 1.76. The third-order valence-electron chi connectivity index (χ3n) is 3.65. The molecule has 1 aliphatic carbocycles. The number of nitrogens with one attached hydrogen (secondary N) is 2. The molecule has 0 aliphatic heterocycles. The van der Waals surface area contributed by atoms with Gasteiger partial charge in [0.25, 0.3) is 0 Å². The number of guanidine groups is 1. The molecule has 0 saturated heterocycles. The van der Waals surface area contributed by atoms with Crippen LogP contribution >= 0.6 is 0 Å². The molecule has 124 valence electrons. The first-order valence-corrected chi connectivity index (χ1v) is 8.11. The highest BCUT2D eigenvalue weighted by Crippen LogP contribution is 2.25. The van der Waals surface area contributed by atoms with Gasteiger partial charge in [0, 0.05) is 39.3 Å². The Bertz CT molecular complexity index is 429. The molecule has 0 spiro atoms. The molecule has 0 aromatic carbocycles. The van der Waals surface area contributed by atoms with Crippen LogP contribution in [-0.4, -0.2) is 56.8 Å². The monoisotopic (exact) mass is 308 g/mol. The van der Waals surface area contributed by atoms with Gasteiger partial charge in [-0.3, -0.25) is 4.90 Å². The van der Waals surface area contributed by atoms with Crippen molar-refractivity contribution < 1.29 is 9.15 Å². The van der Waals surface area contributed by atoms with Crippen molar-refractivity contribution in [3.05, 3.63) is 24.2 Å². The van der Waals surface area contributed by atoms with Crippen LogP contribution in [0.25, 0.3) is 0 Å². The first kappa shape index (κ1) is 16.8. The van der Waals surface area contributed by atoms with E-state index in [1.54, 1.807) is 13.4 Å². The fraction of sp³-hybridized carbons (Fsp3) is 0.688. The molecule has 0 unspecified atom stereocenters. The quantitative estimate of drug-likeness (QED) is 0.506. The molecule has 0 radical (unpaired) electrons. The molecular formula is C16H28N4O2. The van der Waals surface area contributed by atoms with E-state index in [4.69, 9.17) is 9.15 Å². The van der Waals surface area contributed by atoms with Gasteiger partial charge in [0.2, 0.25) is 0 Å². The van der Waals surface area contributed by atoms with Gasteiger partial charge in [-0.25, -0.2) is 4.99 Å². The van der Waals surface area contributed by atoms with Gasteiger partial charge in [-0.15, -0.1) is 0 Å². The number of rotatable bonds is 10. The summed E-state index contributed by atoms with van der Waals surface area (Å²) < 4.78 is 10.5.